The van der Waals surface area contributed by atoms with Gasteiger partial charge in [-0.25, -0.2) is 0 Å². The highest BCUT2D eigenvalue weighted by molar-refractivity contribution is 9.10. The number of nitrogens with zero attached hydrogens (tertiary/aromatic N) is 2. The van der Waals surface area contributed by atoms with E-state index in [0.29, 0.717) is 19.0 Å². The van der Waals surface area contributed by atoms with Crippen molar-refractivity contribution in [3.05, 3.63) is 28.7 Å². The second-order valence-electron chi connectivity index (χ2n) is 7.82. The molecule has 1 aromatic carbocycles. The van der Waals surface area contributed by atoms with Gasteiger partial charge in [0.1, 0.15) is 0 Å². The first-order valence-corrected chi connectivity index (χ1v) is 11.6. The molecule has 2 amide bonds. The van der Waals surface area contributed by atoms with Gasteiger partial charge >= 0.3 is 0 Å². The molecule has 0 aromatic heterocycles. The topological polar surface area (TPSA) is 40.6 Å². The van der Waals surface area contributed by atoms with Crippen LogP contribution in [0.4, 0.5) is 0 Å². The lowest BCUT2D eigenvalue weighted by atomic mass is 9.92. The highest BCUT2D eigenvalue weighted by Gasteiger charge is 2.32. The monoisotopic (exact) mass is 452 g/mol. The molecular formula is C21H29BrN2O2S. The Morgan fingerprint density at radius 2 is 1.56 bits per heavy atom. The SMILES string of the molecule is CC1CCN(C(=O)C2CCN(C(=O)C(C)Sc3ccc(Br)cc3)CC2)CC1. The normalized spacial score (nSPS) is 20.6. The van der Waals surface area contributed by atoms with Gasteiger partial charge in [-0.15, -0.1) is 11.8 Å². The summed E-state index contributed by atoms with van der Waals surface area (Å²) in [6.45, 7) is 7.44. The van der Waals surface area contributed by atoms with Crippen LogP contribution in [0.25, 0.3) is 0 Å². The molecule has 27 heavy (non-hydrogen) atoms. The van der Waals surface area contributed by atoms with Crippen LogP contribution in [0.3, 0.4) is 0 Å². The third kappa shape index (κ3) is 5.50. The van der Waals surface area contributed by atoms with Crippen molar-refractivity contribution in [3.8, 4) is 0 Å². The third-order valence-electron chi connectivity index (χ3n) is 5.73. The van der Waals surface area contributed by atoms with Gasteiger partial charge in [-0.1, -0.05) is 22.9 Å². The number of benzene rings is 1. The fourth-order valence-corrected chi connectivity index (χ4v) is 5.07. The predicted molar refractivity (Wildman–Crippen MR) is 114 cm³/mol. The van der Waals surface area contributed by atoms with E-state index in [4.69, 9.17) is 0 Å². The maximum absolute atomic E-state index is 12.8. The lowest BCUT2D eigenvalue weighted by molar-refractivity contribution is -0.141. The zero-order valence-electron chi connectivity index (χ0n) is 16.2. The largest absolute Gasteiger partial charge is 0.342 e. The molecule has 2 aliphatic heterocycles. The first-order valence-electron chi connectivity index (χ1n) is 9.94. The molecule has 0 radical (unpaired) electrons. The number of rotatable bonds is 4. The maximum atomic E-state index is 12.8. The highest BCUT2D eigenvalue weighted by Crippen LogP contribution is 2.28. The van der Waals surface area contributed by atoms with E-state index in [9.17, 15) is 9.59 Å². The van der Waals surface area contributed by atoms with Crippen LogP contribution in [0, 0.1) is 11.8 Å². The van der Waals surface area contributed by atoms with Crippen molar-refractivity contribution in [1.29, 1.82) is 0 Å². The summed E-state index contributed by atoms with van der Waals surface area (Å²) in [5.41, 5.74) is 0. The Morgan fingerprint density at radius 3 is 2.15 bits per heavy atom. The Morgan fingerprint density at radius 1 is 1.00 bits per heavy atom. The van der Waals surface area contributed by atoms with Crippen LogP contribution in [0.15, 0.2) is 33.6 Å². The Bertz CT molecular complexity index is 651. The summed E-state index contributed by atoms with van der Waals surface area (Å²) in [7, 11) is 0. The zero-order chi connectivity index (χ0) is 19.4. The van der Waals surface area contributed by atoms with Gasteiger partial charge in [0, 0.05) is 41.5 Å². The summed E-state index contributed by atoms with van der Waals surface area (Å²) in [5.74, 6) is 1.32. The van der Waals surface area contributed by atoms with Crippen molar-refractivity contribution in [2.24, 2.45) is 11.8 Å². The number of hydrogen-bond acceptors (Lipinski definition) is 3. The fraction of sp³-hybridized carbons (Fsp3) is 0.619. The van der Waals surface area contributed by atoms with E-state index < -0.39 is 0 Å². The number of carbonyl (C=O) groups is 2. The molecule has 3 rings (SSSR count). The minimum atomic E-state index is -0.109. The van der Waals surface area contributed by atoms with Crippen molar-refractivity contribution < 1.29 is 9.59 Å². The molecule has 1 atom stereocenters. The van der Waals surface area contributed by atoms with E-state index >= 15 is 0 Å². The smallest absolute Gasteiger partial charge is 0.235 e. The molecule has 1 unspecified atom stereocenters. The number of halogens is 1. The van der Waals surface area contributed by atoms with Crippen LogP contribution in [0.1, 0.15) is 39.5 Å². The van der Waals surface area contributed by atoms with E-state index in [2.05, 4.69) is 22.9 Å². The van der Waals surface area contributed by atoms with Crippen LogP contribution in [0.5, 0.6) is 0 Å². The molecule has 0 aliphatic carbocycles. The second kappa shape index (κ2) is 9.46. The summed E-state index contributed by atoms with van der Waals surface area (Å²) in [6.07, 6.45) is 3.83. The Hall–Kier alpha value is -1.01. The van der Waals surface area contributed by atoms with Crippen LogP contribution in [0.2, 0.25) is 0 Å². The van der Waals surface area contributed by atoms with E-state index in [0.717, 1.165) is 54.1 Å². The molecule has 2 heterocycles. The van der Waals surface area contributed by atoms with Crippen LogP contribution >= 0.6 is 27.7 Å². The van der Waals surface area contributed by atoms with Crippen LogP contribution in [-0.2, 0) is 9.59 Å². The highest BCUT2D eigenvalue weighted by atomic mass is 79.9. The first-order chi connectivity index (χ1) is 12.9. The number of piperidine rings is 2. The Balaban J connectivity index is 1.47. The molecule has 0 saturated carbocycles. The molecule has 148 valence electrons. The number of amides is 2. The van der Waals surface area contributed by atoms with Gasteiger partial charge in [-0.2, -0.15) is 0 Å². The van der Waals surface area contributed by atoms with Crippen molar-refractivity contribution >= 4 is 39.5 Å². The number of likely N-dealkylation sites (tertiary alicyclic amines) is 2. The number of carbonyl (C=O) groups excluding carboxylic acids is 2. The van der Waals surface area contributed by atoms with Crippen LogP contribution in [-0.4, -0.2) is 53.0 Å². The summed E-state index contributed by atoms with van der Waals surface area (Å²) >= 11 is 5.03. The van der Waals surface area contributed by atoms with Gasteiger partial charge in [-0.3, -0.25) is 9.59 Å². The zero-order valence-corrected chi connectivity index (χ0v) is 18.6. The quantitative estimate of drug-likeness (QED) is 0.634. The molecule has 2 aliphatic rings. The van der Waals surface area contributed by atoms with Crippen molar-refractivity contribution in [2.75, 3.05) is 26.2 Å². The van der Waals surface area contributed by atoms with Crippen molar-refractivity contribution in [3.63, 3.8) is 0 Å². The summed E-state index contributed by atoms with van der Waals surface area (Å²) in [6, 6.07) is 8.06. The lowest BCUT2D eigenvalue weighted by Gasteiger charge is -2.37. The van der Waals surface area contributed by atoms with Gasteiger partial charge in [-0.05, 0) is 62.8 Å². The van der Waals surface area contributed by atoms with Crippen molar-refractivity contribution in [1.82, 2.24) is 9.80 Å². The lowest BCUT2D eigenvalue weighted by Crippen LogP contribution is -2.47. The minimum absolute atomic E-state index is 0.0943. The average molecular weight is 453 g/mol. The Kier molecular flexibility index (Phi) is 7.26. The molecule has 1 aromatic rings. The molecule has 0 bridgehead atoms. The summed E-state index contributed by atoms with van der Waals surface area (Å²) in [5, 5.41) is -0.109. The van der Waals surface area contributed by atoms with Gasteiger partial charge < -0.3 is 9.80 Å². The van der Waals surface area contributed by atoms with E-state index in [1.807, 2.05) is 41.0 Å². The number of thioether (sulfide) groups is 1. The van der Waals surface area contributed by atoms with Gasteiger partial charge in [0.25, 0.3) is 0 Å². The molecule has 2 saturated heterocycles. The molecule has 4 nitrogen and oxygen atoms in total. The molecular weight excluding hydrogens is 424 g/mol. The van der Waals surface area contributed by atoms with Gasteiger partial charge in [0.2, 0.25) is 11.8 Å². The van der Waals surface area contributed by atoms with Gasteiger partial charge in [0.05, 0.1) is 5.25 Å². The van der Waals surface area contributed by atoms with E-state index in [-0.39, 0.29) is 17.1 Å². The molecule has 0 spiro atoms. The fourth-order valence-electron chi connectivity index (χ4n) is 3.86. The van der Waals surface area contributed by atoms with Crippen molar-refractivity contribution in [2.45, 2.75) is 49.7 Å². The average Bonchev–Trinajstić information content (AvgIpc) is 2.69. The maximum Gasteiger partial charge on any atom is 0.235 e. The molecule has 2 fully saturated rings. The summed E-state index contributed by atoms with van der Waals surface area (Å²) in [4.78, 5) is 30.6. The Labute approximate surface area is 175 Å². The number of hydrogen-bond donors (Lipinski definition) is 0. The van der Waals surface area contributed by atoms with E-state index in [1.54, 1.807) is 11.8 Å². The standard InChI is InChI=1S/C21H29BrN2O2S/c1-15-7-11-24(12-8-15)21(26)17-9-13-23(14-10-17)20(25)16(2)27-19-5-3-18(22)4-6-19/h3-6,15-17H,7-14H2,1-2H3. The van der Waals surface area contributed by atoms with E-state index in [1.165, 1.54) is 0 Å². The summed E-state index contributed by atoms with van der Waals surface area (Å²) < 4.78 is 1.04. The minimum Gasteiger partial charge on any atom is -0.342 e. The second-order valence-corrected chi connectivity index (χ2v) is 10.2. The predicted octanol–water partition coefficient (Wildman–Crippen LogP) is 4.43. The van der Waals surface area contributed by atoms with Crippen LogP contribution < -0.4 is 0 Å². The molecule has 0 N–H and O–H groups in total. The van der Waals surface area contributed by atoms with Gasteiger partial charge in [0.15, 0.2) is 0 Å². The third-order valence-corrected chi connectivity index (χ3v) is 7.35. The molecule has 6 heteroatoms. The first kappa shape index (κ1) is 20.7.